The molecule has 0 bridgehead atoms. The van der Waals surface area contributed by atoms with Crippen molar-refractivity contribution in [1.82, 2.24) is 5.32 Å². The normalized spacial score (nSPS) is 14.9. The van der Waals surface area contributed by atoms with Crippen molar-refractivity contribution >= 4 is 11.8 Å². The fourth-order valence-electron chi connectivity index (χ4n) is 1.03. The van der Waals surface area contributed by atoms with Crippen molar-refractivity contribution in [3.05, 3.63) is 0 Å². The highest BCUT2D eigenvalue weighted by Gasteiger charge is 2.20. The highest BCUT2D eigenvalue weighted by Crippen LogP contribution is 2.07. The summed E-state index contributed by atoms with van der Waals surface area (Å²) in [5, 5.41) is 2.42. The van der Waals surface area contributed by atoms with Gasteiger partial charge in [-0.15, -0.1) is 0 Å². The molecule has 0 saturated carbocycles. The molecule has 0 aromatic rings. The van der Waals surface area contributed by atoms with Gasteiger partial charge in [0.15, 0.2) is 5.78 Å². The maximum atomic E-state index is 11.0. The van der Waals surface area contributed by atoms with Gasteiger partial charge in [-0.1, -0.05) is 20.3 Å². The van der Waals surface area contributed by atoms with Gasteiger partial charge in [0.2, 0.25) is 0 Å². The van der Waals surface area contributed by atoms with E-state index in [9.17, 15) is 9.59 Å². The third-order valence-corrected chi connectivity index (χ3v) is 1.95. The molecule has 0 heterocycles. The van der Waals surface area contributed by atoms with Crippen molar-refractivity contribution in [1.29, 1.82) is 0 Å². The summed E-state index contributed by atoms with van der Waals surface area (Å²) < 4.78 is 0. The number of ketones is 1. The molecule has 0 unspecified atom stereocenters. The summed E-state index contributed by atoms with van der Waals surface area (Å²) in [5.41, 5.74) is 4.92. The molecule has 0 aromatic heterocycles. The zero-order chi connectivity index (χ0) is 9.72. The molecule has 12 heavy (non-hydrogen) atoms. The number of carbonyl (C=O) groups is 2. The monoisotopic (exact) mass is 172 g/mol. The Morgan fingerprint density at radius 1 is 1.50 bits per heavy atom. The van der Waals surface area contributed by atoms with Crippen molar-refractivity contribution in [3.8, 4) is 0 Å². The van der Waals surface area contributed by atoms with Gasteiger partial charge >= 0.3 is 6.03 Å². The molecule has 4 nitrogen and oxygen atoms in total. The van der Waals surface area contributed by atoms with Gasteiger partial charge in [0, 0.05) is 0 Å². The predicted octanol–water partition coefficient (Wildman–Crippen LogP) is 0.658. The van der Waals surface area contributed by atoms with Crippen LogP contribution in [0.4, 0.5) is 4.79 Å². The van der Waals surface area contributed by atoms with Crippen LogP contribution in [0.3, 0.4) is 0 Å². The third kappa shape index (κ3) is 3.37. The number of hydrogen-bond donors (Lipinski definition) is 2. The second kappa shape index (κ2) is 4.74. The largest absolute Gasteiger partial charge is 0.352 e. The molecule has 70 valence electrons. The first kappa shape index (κ1) is 10.9. The molecule has 0 aliphatic carbocycles. The van der Waals surface area contributed by atoms with E-state index in [0.29, 0.717) is 0 Å². The molecular weight excluding hydrogens is 156 g/mol. The lowest BCUT2D eigenvalue weighted by molar-refractivity contribution is -0.119. The maximum Gasteiger partial charge on any atom is 0.312 e. The first-order valence-corrected chi connectivity index (χ1v) is 4.05. The van der Waals surface area contributed by atoms with Crippen LogP contribution in [0.2, 0.25) is 0 Å². The van der Waals surface area contributed by atoms with Crippen LogP contribution in [0, 0.1) is 5.92 Å². The van der Waals surface area contributed by atoms with Gasteiger partial charge in [0.1, 0.15) is 0 Å². The summed E-state index contributed by atoms with van der Waals surface area (Å²) in [6.07, 6.45) is 0.838. The van der Waals surface area contributed by atoms with E-state index in [1.54, 1.807) is 0 Å². The molecule has 0 aliphatic heterocycles. The minimum Gasteiger partial charge on any atom is -0.352 e. The molecule has 3 N–H and O–H groups in total. The van der Waals surface area contributed by atoms with Crippen LogP contribution in [0.5, 0.6) is 0 Å². The SMILES string of the molecule is CC[C@@H](C)[C@H](NC(N)=O)C(C)=O. The van der Waals surface area contributed by atoms with Crippen LogP contribution in [0.25, 0.3) is 0 Å². The van der Waals surface area contributed by atoms with Crippen molar-refractivity contribution in [2.45, 2.75) is 33.2 Å². The second-order valence-corrected chi connectivity index (χ2v) is 2.98. The lowest BCUT2D eigenvalue weighted by Crippen LogP contribution is -2.46. The number of nitrogens with one attached hydrogen (secondary N) is 1. The Bertz CT molecular complexity index is 180. The Morgan fingerprint density at radius 2 is 2.00 bits per heavy atom. The van der Waals surface area contributed by atoms with Crippen molar-refractivity contribution in [2.24, 2.45) is 11.7 Å². The Balaban J connectivity index is 4.22. The van der Waals surface area contributed by atoms with Gasteiger partial charge in [-0.2, -0.15) is 0 Å². The number of primary amides is 1. The summed E-state index contributed by atoms with van der Waals surface area (Å²) in [7, 11) is 0. The second-order valence-electron chi connectivity index (χ2n) is 2.98. The van der Waals surface area contributed by atoms with Crippen LogP contribution in [-0.4, -0.2) is 17.9 Å². The fourth-order valence-corrected chi connectivity index (χ4v) is 1.03. The standard InChI is InChI=1S/C8H16N2O2/c1-4-5(2)7(6(3)11)10-8(9)12/h5,7H,4H2,1-3H3,(H3,9,10,12)/t5-,7+/m1/s1. The Kier molecular flexibility index (Phi) is 4.33. The summed E-state index contributed by atoms with van der Waals surface area (Å²) in [6, 6.07) is -1.08. The Labute approximate surface area is 72.5 Å². The van der Waals surface area contributed by atoms with Gasteiger partial charge in [-0.05, 0) is 12.8 Å². The lowest BCUT2D eigenvalue weighted by atomic mass is 9.96. The number of rotatable bonds is 4. The van der Waals surface area contributed by atoms with Gasteiger partial charge in [0.05, 0.1) is 6.04 Å². The minimum atomic E-state index is -0.643. The number of Topliss-reactive ketones (excluding diaryl/α,β-unsaturated/α-hetero) is 1. The van der Waals surface area contributed by atoms with E-state index >= 15 is 0 Å². The van der Waals surface area contributed by atoms with E-state index in [-0.39, 0.29) is 11.7 Å². The molecule has 2 atom stereocenters. The fraction of sp³-hybridized carbons (Fsp3) is 0.750. The summed E-state index contributed by atoms with van der Waals surface area (Å²) in [6.45, 7) is 5.32. The molecule has 0 fully saturated rings. The van der Waals surface area contributed by atoms with E-state index in [0.717, 1.165) is 6.42 Å². The molecule has 0 spiro atoms. The number of nitrogens with two attached hydrogens (primary N) is 1. The van der Waals surface area contributed by atoms with Crippen molar-refractivity contribution < 1.29 is 9.59 Å². The van der Waals surface area contributed by atoms with Gasteiger partial charge < -0.3 is 11.1 Å². The van der Waals surface area contributed by atoms with Crippen LogP contribution < -0.4 is 11.1 Å². The maximum absolute atomic E-state index is 11.0. The zero-order valence-corrected chi connectivity index (χ0v) is 7.76. The molecule has 0 saturated heterocycles. The molecule has 0 rings (SSSR count). The third-order valence-electron chi connectivity index (χ3n) is 1.95. The molecule has 0 aromatic carbocycles. The first-order chi connectivity index (χ1) is 5.49. The number of carbonyl (C=O) groups excluding carboxylic acids is 2. The van der Waals surface area contributed by atoms with E-state index in [1.165, 1.54) is 6.92 Å². The first-order valence-electron chi connectivity index (χ1n) is 4.05. The van der Waals surface area contributed by atoms with Crippen molar-refractivity contribution in [3.63, 3.8) is 0 Å². The van der Waals surface area contributed by atoms with Crippen molar-refractivity contribution in [2.75, 3.05) is 0 Å². The van der Waals surface area contributed by atoms with Gasteiger partial charge in [-0.25, -0.2) is 4.79 Å². The van der Waals surface area contributed by atoms with Crippen LogP contribution in [0.15, 0.2) is 0 Å². The predicted molar refractivity (Wildman–Crippen MR) is 46.6 cm³/mol. The van der Waals surface area contributed by atoms with Gasteiger partial charge in [-0.3, -0.25) is 4.79 Å². The quantitative estimate of drug-likeness (QED) is 0.653. The van der Waals surface area contributed by atoms with Crippen LogP contribution in [0.1, 0.15) is 27.2 Å². The lowest BCUT2D eigenvalue weighted by Gasteiger charge is -2.20. The summed E-state index contributed by atoms with van der Waals surface area (Å²) in [5.74, 6) is 0.0816. The molecule has 2 amide bonds. The zero-order valence-electron chi connectivity index (χ0n) is 7.76. The summed E-state index contributed by atoms with van der Waals surface area (Å²) >= 11 is 0. The van der Waals surface area contributed by atoms with E-state index < -0.39 is 12.1 Å². The number of amides is 2. The highest BCUT2D eigenvalue weighted by atomic mass is 16.2. The minimum absolute atomic E-state index is 0.0526. The molecule has 4 heteroatoms. The smallest absolute Gasteiger partial charge is 0.312 e. The van der Waals surface area contributed by atoms with Crippen LogP contribution in [-0.2, 0) is 4.79 Å². The Hall–Kier alpha value is -1.06. The summed E-state index contributed by atoms with van der Waals surface area (Å²) in [4.78, 5) is 21.5. The number of urea groups is 1. The number of hydrogen-bond acceptors (Lipinski definition) is 2. The highest BCUT2D eigenvalue weighted by molar-refractivity contribution is 5.86. The Morgan fingerprint density at radius 3 is 2.25 bits per heavy atom. The molecule has 0 aliphatic rings. The molecular formula is C8H16N2O2. The van der Waals surface area contributed by atoms with E-state index in [1.807, 2.05) is 13.8 Å². The van der Waals surface area contributed by atoms with E-state index in [2.05, 4.69) is 5.32 Å². The van der Waals surface area contributed by atoms with E-state index in [4.69, 9.17) is 5.73 Å². The molecule has 0 radical (unpaired) electrons. The average Bonchev–Trinajstić information content (AvgIpc) is 1.98. The van der Waals surface area contributed by atoms with Gasteiger partial charge in [0.25, 0.3) is 0 Å². The van der Waals surface area contributed by atoms with Crippen LogP contribution >= 0.6 is 0 Å². The topological polar surface area (TPSA) is 72.2 Å². The average molecular weight is 172 g/mol.